The monoisotopic (exact) mass is 356 g/mol. The summed E-state index contributed by atoms with van der Waals surface area (Å²) in [5, 5.41) is 4.42. The lowest BCUT2D eigenvalue weighted by molar-refractivity contribution is 0.0963. The van der Waals surface area contributed by atoms with Crippen LogP contribution in [-0.4, -0.2) is 24.1 Å². The van der Waals surface area contributed by atoms with Gasteiger partial charge in [0.05, 0.1) is 19.2 Å². The van der Waals surface area contributed by atoms with Gasteiger partial charge in [0.2, 0.25) is 0 Å². The summed E-state index contributed by atoms with van der Waals surface area (Å²) in [4.78, 5) is 23.6. The van der Waals surface area contributed by atoms with Gasteiger partial charge in [-0.25, -0.2) is 0 Å². The minimum Gasteiger partial charge on any atom is -0.497 e. The number of methoxy groups -OCH3 is 1. The second kappa shape index (κ2) is 7.07. The van der Waals surface area contributed by atoms with Crippen LogP contribution in [0.3, 0.4) is 0 Å². The fraction of sp³-hybridized carbons (Fsp3) is 0.211. The highest BCUT2D eigenvalue weighted by Crippen LogP contribution is 2.30. The molecule has 3 rings (SSSR count). The lowest BCUT2D eigenvalue weighted by Crippen LogP contribution is -2.13. The van der Waals surface area contributed by atoms with Crippen molar-refractivity contribution in [2.24, 2.45) is 5.18 Å². The van der Waals surface area contributed by atoms with Crippen molar-refractivity contribution in [3.8, 4) is 5.75 Å². The van der Waals surface area contributed by atoms with Crippen molar-refractivity contribution in [1.82, 2.24) is 4.57 Å². The van der Waals surface area contributed by atoms with Gasteiger partial charge in [-0.3, -0.25) is 9.36 Å². The first-order valence-corrected chi connectivity index (χ1v) is 8.22. The molecule has 0 aliphatic heterocycles. The van der Waals surface area contributed by atoms with Crippen LogP contribution in [0.4, 0.5) is 0 Å². The summed E-state index contributed by atoms with van der Waals surface area (Å²) < 4.78 is 6.96. The predicted molar refractivity (Wildman–Crippen MR) is 98.8 cm³/mol. The lowest BCUT2D eigenvalue weighted by Gasteiger charge is -2.08. The van der Waals surface area contributed by atoms with Crippen molar-refractivity contribution in [3.63, 3.8) is 0 Å². The van der Waals surface area contributed by atoms with Gasteiger partial charge in [0.1, 0.15) is 5.75 Å². The minimum atomic E-state index is -0.144. The number of carbonyl (C=O) groups excluding carboxylic acids is 1. The van der Waals surface area contributed by atoms with Gasteiger partial charge >= 0.3 is 0 Å². The van der Waals surface area contributed by atoms with E-state index >= 15 is 0 Å². The lowest BCUT2D eigenvalue weighted by atomic mass is 10.1. The van der Waals surface area contributed by atoms with Crippen LogP contribution in [0.1, 0.15) is 21.6 Å². The van der Waals surface area contributed by atoms with Gasteiger partial charge in [-0.05, 0) is 61.4 Å². The number of nitrogens with zero attached hydrogens (tertiary/aromatic N) is 2. The molecule has 0 saturated heterocycles. The Morgan fingerprint density at radius 1 is 1.20 bits per heavy atom. The van der Waals surface area contributed by atoms with Crippen molar-refractivity contribution in [3.05, 3.63) is 69.2 Å². The van der Waals surface area contributed by atoms with Crippen LogP contribution in [-0.2, 0) is 6.42 Å². The number of carbonyl (C=O) groups is 1. The van der Waals surface area contributed by atoms with Crippen LogP contribution in [0.15, 0.2) is 47.6 Å². The molecule has 1 heterocycles. The van der Waals surface area contributed by atoms with E-state index in [0.717, 1.165) is 22.2 Å². The molecule has 128 valence electrons. The second-order valence-electron chi connectivity index (χ2n) is 5.70. The molecule has 6 heteroatoms. The number of nitroso groups, excluding NO2 is 1. The van der Waals surface area contributed by atoms with Crippen LogP contribution in [0, 0.1) is 11.8 Å². The summed E-state index contributed by atoms with van der Waals surface area (Å²) >= 11 is 5.91. The fourth-order valence-electron chi connectivity index (χ4n) is 3.05. The standard InChI is InChI=1S/C19H17ClN2O3/c1-12-16(9-10-21-24)17-11-15(25-2)7-8-18(17)22(12)19(23)13-3-5-14(20)6-4-13/h3-8,11H,9-10H2,1-2H3. The highest BCUT2D eigenvalue weighted by atomic mass is 35.5. The predicted octanol–water partition coefficient (Wildman–Crippen LogP) is 4.61. The van der Waals surface area contributed by atoms with E-state index in [1.165, 1.54) is 0 Å². The van der Waals surface area contributed by atoms with E-state index in [1.54, 1.807) is 35.9 Å². The van der Waals surface area contributed by atoms with Gasteiger partial charge in [-0.2, -0.15) is 4.91 Å². The first-order valence-electron chi connectivity index (χ1n) is 7.84. The van der Waals surface area contributed by atoms with E-state index in [4.69, 9.17) is 16.3 Å². The van der Waals surface area contributed by atoms with Gasteiger partial charge < -0.3 is 4.74 Å². The number of ether oxygens (including phenoxy) is 1. The summed E-state index contributed by atoms with van der Waals surface area (Å²) in [6.07, 6.45) is 0.472. The van der Waals surface area contributed by atoms with E-state index in [9.17, 15) is 9.70 Å². The number of benzene rings is 2. The Balaban J connectivity index is 2.19. The molecule has 5 nitrogen and oxygen atoms in total. The highest BCUT2D eigenvalue weighted by molar-refractivity contribution is 6.30. The minimum absolute atomic E-state index is 0.144. The maximum absolute atomic E-state index is 13.0. The third-order valence-electron chi connectivity index (χ3n) is 4.29. The van der Waals surface area contributed by atoms with Gasteiger partial charge in [0.25, 0.3) is 5.91 Å². The smallest absolute Gasteiger partial charge is 0.262 e. The molecule has 3 aromatic rings. The molecule has 0 unspecified atom stereocenters. The van der Waals surface area contributed by atoms with Crippen molar-refractivity contribution in [2.75, 3.05) is 13.7 Å². The zero-order chi connectivity index (χ0) is 18.0. The molecule has 1 aromatic heterocycles. The SMILES string of the molecule is COc1ccc2c(c1)c(CCN=O)c(C)n2C(=O)c1ccc(Cl)cc1. The number of rotatable bonds is 5. The molecule has 0 bridgehead atoms. The summed E-state index contributed by atoms with van der Waals surface area (Å²) in [5.74, 6) is 0.554. The largest absolute Gasteiger partial charge is 0.497 e. The Morgan fingerprint density at radius 3 is 2.56 bits per heavy atom. The van der Waals surface area contributed by atoms with Crippen LogP contribution >= 0.6 is 11.6 Å². The van der Waals surface area contributed by atoms with Gasteiger partial charge in [0.15, 0.2) is 0 Å². The Bertz CT molecular complexity index is 945. The molecule has 0 amide bonds. The first kappa shape index (κ1) is 17.2. The second-order valence-corrected chi connectivity index (χ2v) is 6.13. The van der Waals surface area contributed by atoms with Crippen molar-refractivity contribution < 1.29 is 9.53 Å². The Morgan fingerprint density at radius 2 is 1.92 bits per heavy atom. The summed E-state index contributed by atoms with van der Waals surface area (Å²) in [5.41, 5.74) is 3.04. The number of fused-ring (bicyclic) bond motifs is 1. The maximum Gasteiger partial charge on any atom is 0.262 e. The third kappa shape index (κ3) is 3.15. The average molecular weight is 357 g/mol. The molecule has 0 fully saturated rings. The van der Waals surface area contributed by atoms with Crippen molar-refractivity contribution in [2.45, 2.75) is 13.3 Å². The Labute approximate surface area is 150 Å². The quantitative estimate of drug-likeness (QED) is 0.627. The van der Waals surface area contributed by atoms with Gasteiger partial charge in [-0.1, -0.05) is 16.8 Å². The molecule has 2 aromatic carbocycles. The molecule has 0 spiro atoms. The first-order chi connectivity index (χ1) is 12.1. The normalized spacial score (nSPS) is 10.8. The molecular formula is C19H17ClN2O3. The zero-order valence-corrected chi connectivity index (χ0v) is 14.7. The van der Waals surface area contributed by atoms with E-state index < -0.39 is 0 Å². The molecular weight excluding hydrogens is 340 g/mol. The average Bonchev–Trinajstić information content (AvgIpc) is 2.90. The summed E-state index contributed by atoms with van der Waals surface area (Å²) in [6, 6.07) is 12.3. The number of hydrogen-bond acceptors (Lipinski definition) is 4. The third-order valence-corrected chi connectivity index (χ3v) is 4.54. The summed E-state index contributed by atoms with van der Waals surface area (Å²) in [6.45, 7) is 2.03. The molecule has 0 saturated carbocycles. The zero-order valence-electron chi connectivity index (χ0n) is 14.0. The maximum atomic E-state index is 13.0. The van der Waals surface area contributed by atoms with Crippen LogP contribution in [0.25, 0.3) is 10.9 Å². The molecule has 25 heavy (non-hydrogen) atoms. The Hall–Kier alpha value is -2.66. The number of hydrogen-bond donors (Lipinski definition) is 0. The molecule has 0 aliphatic carbocycles. The van der Waals surface area contributed by atoms with Gasteiger partial charge in [0, 0.05) is 21.7 Å². The van der Waals surface area contributed by atoms with Crippen LogP contribution < -0.4 is 4.74 Å². The fourth-order valence-corrected chi connectivity index (χ4v) is 3.17. The van der Waals surface area contributed by atoms with E-state index in [0.29, 0.717) is 22.8 Å². The van der Waals surface area contributed by atoms with Gasteiger partial charge in [-0.15, -0.1) is 0 Å². The molecule has 0 radical (unpaired) electrons. The topological polar surface area (TPSA) is 60.7 Å². The van der Waals surface area contributed by atoms with Crippen LogP contribution in [0.5, 0.6) is 5.75 Å². The number of aromatic nitrogens is 1. The van der Waals surface area contributed by atoms with Crippen LogP contribution in [0.2, 0.25) is 5.02 Å². The molecule has 0 aliphatic rings. The van der Waals surface area contributed by atoms with Crippen molar-refractivity contribution in [1.29, 1.82) is 0 Å². The number of halogens is 1. The van der Waals surface area contributed by atoms with E-state index in [1.807, 2.05) is 25.1 Å². The summed E-state index contributed by atoms with van der Waals surface area (Å²) in [7, 11) is 1.59. The molecule has 0 N–H and O–H groups in total. The van der Waals surface area contributed by atoms with E-state index in [-0.39, 0.29) is 12.5 Å². The van der Waals surface area contributed by atoms with E-state index in [2.05, 4.69) is 5.18 Å². The molecule has 0 atom stereocenters. The van der Waals surface area contributed by atoms with Crippen molar-refractivity contribution >= 4 is 28.4 Å². The highest BCUT2D eigenvalue weighted by Gasteiger charge is 2.20. The Kier molecular flexibility index (Phi) is 4.86.